The van der Waals surface area contributed by atoms with Gasteiger partial charge in [0.2, 0.25) is 0 Å². The van der Waals surface area contributed by atoms with Crippen molar-refractivity contribution >= 4 is 11.6 Å². The predicted molar refractivity (Wildman–Crippen MR) is 71.7 cm³/mol. The van der Waals surface area contributed by atoms with Crippen LogP contribution in [-0.2, 0) is 6.18 Å². The topological polar surface area (TPSA) is 20.2 Å². The first kappa shape index (κ1) is 15.8. The fraction of sp³-hybridized carbons (Fsp3) is 0.200. The zero-order valence-corrected chi connectivity index (χ0v) is 11.6. The van der Waals surface area contributed by atoms with Gasteiger partial charge in [-0.05, 0) is 42.3 Å². The molecule has 0 heterocycles. The van der Waals surface area contributed by atoms with E-state index in [1.807, 2.05) is 0 Å². The monoisotopic (exact) mass is 318 g/mol. The van der Waals surface area contributed by atoms with Gasteiger partial charge in [-0.25, -0.2) is 4.39 Å². The van der Waals surface area contributed by atoms with Crippen LogP contribution in [-0.4, -0.2) is 5.11 Å². The van der Waals surface area contributed by atoms with Crippen LogP contribution in [0.15, 0.2) is 36.4 Å². The summed E-state index contributed by atoms with van der Waals surface area (Å²) < 4.78 is 50.8. The first-order valence-electron chi connectivity index (χ1n) is 6.01. The summed E-state index contributed by atoms with van der Waals surface area (Å²) in [5.41, 5.74) is -0.0218. The van der Waals surface area contributed by atoms with Gasteiger partial charge >= 0.3 is 6.18 Å². The molecule has 0 aromatic heterocycles. The van der Waals surface area contributed by atoms with E-state index >= 15 is 0 Å². The van der Waals surface area contributed by atoms with Crippen molar-refractivity contribution in [1.82, 2.24) is 0 Å². The lowest BCUT2D eigenvalue weighted by atomic mass is 9.98. The first-order valence-corrected chi connectivity index (χ1v) is 6.38. The van der Waals surface area contributed by atoms with Gasteiger partial charge in [0.25, 0.3) is 0 Å². The van der Waals surface area contributed by atoms with E-state index in [4.69, 9.17) is 11.6 Å². The fourth-order valence-electron chi connectivity index (χ4n) is 1.92. The zero-order valence-electron chi connectivity index (χ0n) is 10.9. The van der Waals surface area contributed by atoms with E-state index in [1.54, 1.807) is 0 Å². The molecule has 0 amide bonds. The standard InChI is InChI=1S/C15H11ClF4O/c1-8-6-11(12(16)7-13(8)17)14(21)9-2-4-10(5-3-9)15(18,19)20/h2-7,14,21H,1H3. The smallest absolute Gasteiger partial charge is 0.384 e. The van der Waals surface area contributed by atoms with Crippen LogP contribution in [0, 0.1) is 12.7 Å². The molecular weight excluding hydrogens is 308 g/mol. The highest BCUT2D eigenvalue weighted by Gasteiger charge is 2.30. The van der Waals surface area contributed by atoms with Crippen LogP contribution < -0.4 is 0 Å². The average Bonchev–Trinajstić information content (AvgIpc) is 2.41. The van der Waals surface area contributed by atoms with Crippen LogP contribution in [0.3, 0.4) is 0 Å². The number of aryl methyl sites for hydroxylation is 1. The maximum atomic E-state index is 13.3. The lowest BCUT2D eigenvalue weighted by Gasteiger charge is -2.15. The normalized spacial score (nSPS) is 13.3. The maximum Gasteiger partial charge on any atom is 0.416 e. The van der Waals surface area contributed by atoms with Gasteiger partial charge in [0.05, 0.1) is 5.56 Å². The molecule has 1 atom stereocenters. The van der Waals surface area contributed by atoms with Crippen LogP contribution in [0.1, 0.15) is 28.4 Å². The second kappa shape index (κ2) is 5.66. The summed E-state index contributed by atoms with van der Waals surface area (Å²) in [6.45, 7) is 1.51. The number of hydrogen-bond acceptors (Lipinski definition) is 1. The lowest BCUT2D eigenvalue weighted by Crippen LogP contribution is -2.06. The highest BCUT2D eigenvalue weighted by Crippen LogP contribution is 2.33. The molecule has 2 aromatic rings. The summed E-state index contributed by atoms with van der Waals surface area (Å²) in [4.78, 5) is 0. The minimum atomic E-state index is -4.44. The molecule has 112 valence electrons. The molecule has 0 fully saturated rings. The molecule has 21 heavy (non-hydrogen) atoms. The third-order valence-corrected chi connectivity index (χ3v) is 3.45. The summed E-state index contributed by atoms with van der Waals surface area (Å²) in [5, 5.41) is 10.2. The highest BCUT2D eigenvalue weighted by molar-refractivity contribution is 6.31. The number of aliphatic hydroxyl groups is 1. The molecule has 0 aliphatic rings. The molecule has 1 N–H and O–H groups in total. The largest absolute Gasteiger partial charge is 0.416 e. The molecule has 2 aromatic carbocycles. The van der Waals surface area contributed by atoms with Crippen LogP contribution >= 0.6 is 11.6 Å². The van der Waals surface area contributed by atoms with Crippen molar-refractivity contribution in [3.63, 3.8) is 0 Å². The van der Waals surface area contributed by atoms with Crippen LogP contribution in [0.4, 0.5) is 17.6 Å². The van der Waals surface area contributed by atoms with Crippen molar-refractivity contribution in [2.45, 2.75) is 19.2 Å². The Morgan fingerprint density at radius 3 is 2.19 bits per heavy atom. The van der Waals surface area contributed by atoms with Gasteiger partial charge in [0.15, 0.2) is 0 Å². The molecule has 0 bridgehead atoms. The molecule has 0 saturated carbocycles. The molecular formula is C15H11ClF4O. The number of benzene rings is 2. The summed E-state index contributed by atoms with van der Waals surface area (Å²) in [7, 11) is 0. The van der Waals surface area contributed by atoms with E-state index in [9.17, 15) is 22.7 Å². The molecule has 6 heteroatoms. The molecule has 1 nitrogen and oxygen atoms in total. The average molecular weight is 319 g/mol. The molecule has 0 radical (unpaired) electrons. The molecule has 0 spiro atoms. The van der Waals surface area contributed by atoms with E-state index in [2.05, 4.69) is 0 Å². The van der Waals surface area contributed by atoms with E-state index in [0.717, 1.165) is 18.2 Å². The third-order valence-electron chi connectivity index (χ3n) is 3.13. The fourth-order valence-corrected chi connectivity index (χ4v) is 2.18. The second-order valence-electron chi connectivity index (χ2n) is 4.65. The minimum Gasteiger partial charge on any atom is -0.384 e. The Bertz CT molecular complexity index is 650. The zero-order chi connectivity index (χ0) is 15.8. The molecule has 0 aliphatic carbocycles. The summed E-state index contributed by atoms with van der Waals surface area (Å²) in [6, 6.07) is 6.54. The molecule has 1 unspecified atom stereocenters. The number of halogens is 5. The van der Waals surface area contributed by atoms with Gasteiger partial charge in [0.1, 0.15) is 11.9 Å². The first-order chi connectivity index (χ1) is 9.70. The minimum absolute atomic E-state index is 0.0190. The van der Waals surface area contributed by atoms with Crippen LogP contribution in [0.2, 0.25) is 5.02 Å². The Labute approximate surface area is 123 Å². The van der Waals surface area contributed by atoms with Crippen molar-refractivity contribution in [2.75, 3.05) is 0 Å². The van der Waals surface area contributed by atoms with Crippen molar-refractivity contribution in [1.29, 1.82) is 0 Å². The van der Waals surface area contributed by atoms with Gasteiger partial charge in [-0.15, -0.1) is 0 Å². The number of hydrogen-bond donors (Lipinski definition) is 1. The summed E-state index contributed by atoms with van der Waals surface area (Å²) >= 11 is 5.87. The molecule has 0 aliphatic heterocycles. The third kappa shape index (κ3) is 3.36. The SMILES string of the molecule is Cc1cc(C(O)c2ccc(C(F)(F)F)cc2)c(Cl)cc1F. The van der Waals surface area contributed by atoms with E-state index in [1.165, 1.54) is 25.1 Å². The maximum absolute atomic E-state index is 13.3. The molecule has 2 rings (SSSR count). The number of aliphatic hydroxyl groups excluding tert-OH is 1. The second-order valence-corrected chi connectivity index (χ2v) is 5.05. The van der Waals surface area contributed by atoms with Gasteiger partial charge in [-0.1, -0.05) is 23.7 Å². The van der Waals surface area contributed by atoms with Crippen molar-refractivity contribution < 1.29 is 22.7 Å². The predicted octanol–water partition coefficient (Wildman–Crippen LogP) is 4.89. The highest BCUT2D eigenvalue weighted by atomic mass is 35.5. The van der Waals surface area contributed by atoms with Gasteiger partial charge < -0.3 is 5.11 Å². The Balaban J connectivity index is 2.36. The number of alkyl halides is 3. The Hall–Kier alpha value is -1.59. The number of rotatable bonds is 2. The van der Waals surface area contributed by atoms with Gasteiger partial charge in [-0.3, -0.25) is 0 Å². The Morgan fingerprint density at radius 2 is 1.67 bits per heavy atom. The quantitative estimate of drug-likeness (QED) is 0.782. The Kier molecular flexibility index (Phi) is 4.25. The van der Waals surface area contributed by atoms with Gasteiger partial charge in [0, 0.05) is 10.6 Å². The van der Waals surface area contributed by atoms with Crippen LogP contribution in [0.25, 0.3) is 0 Å². The molecule has 0 saturated heterocycles. The summed E-state index contributed by atoms with van der Waals surface area (Å²) in [6.07, 6.45) is -5.66. The van der Waals surface area contributed by atoms with E-state index in [0.29, 0.717) is 5.56 Å². The van der Waals surface area contributed by atoms with E-state index in [-0.39, 0.29) is 16.1 Å². The van der Waals surface area contributed by atoms with Gasteiger partial charge in [-0.2, -0.15) is 13.2 Å². The lowest BCUT2D eigenvalue weighted by molar-refractivity contribution is -0.137. The van der Waals surface area contributed by atoms with Crippen molar-refractivity contribution in [3.05, 3.63) is 69.5 Å². The van der Waals surface area contributed by atoms with E-state index < -0.39 is 23.7 Å². The van der Waals surface area contributed by atoms with Crippen LogP contribution in [0.5, 0.6) is 0 Å². The van der Waals surface area contributed by atoms with Crippen molar-refractivity contribution in [3.8, 4) is 0 Å². The Morgan fingerprint density at radius 1 is 1.10 bits per heavy atom. The van der Waals surface area contributed by atoms with Crippen molar-refractivity contribution in [2.24, 2.45) is 0 Å². The summed E-state index contributed by atoms with van der Waals surface area (Å²) in [5.74, 6) is -0.511.